The molecule has 1 aromatic rings. The molecule has 1 aliphatic heterocycles. The Morgan fingerprint density at radius 2 is 2.05 bits per heavy atom. The first-order valence-electron chi connectivity index (χ1n) is 6.76. The van der Waals surface area contributed by atoms with Crippen molar-refractivity contribution in [1.82, 2.24) is 4.81 Å². The van der Waals surface area contributed by atoms with Gasteiger partial charge >= 0.3 is 7.05 Å². The van der Waals surface area contributed by atoms with Crippen molar-refractivity contribution in [2.45, 2.75) is 26.1 Å². The van der Waals surface area contributed by atoms with Crippen molar-refractivity contribution in [1.29, 1.82) is 0 Å². The van der Waals surface area contributed by atoms with Gasteiger partial charge in [0, 0.05) is 6.54 Å². The highest BCUT2D eigenvalue weighted by Gasteiger charge is 2.26. The van der Waals surface area contributed by atoms with Gasteiger partial charge in [0.1, 0.15) is 5.78 Å². The molecule has 19 heavy (non-hydrogen) atoms. The molecule has 1 N–H and O–H groups in total. The summed E-state index contributed by atoms with van der Waals surface area (Å²) in [5, 5.41) is 9.56. The van der Waals surface area contributed by atoms with E-state index >= 15 is 0 Å². The minimum absolute atomic E-state index is 0.127. The van der Waals surface area contributed by atoms with Gasteiger partial charge in [-0.15, -0.1) is 0 Å². The van der Waals surface area contributed by atoms with Gasteiger partial charge in [0.15, 0.2) is 0 Å². The predicted molar refractivity (Wildman–Crippen MR) is 78.0 cm³/mol. The number of hydrogen-bond donors (Lipinski definition) is 1. The minimum atomic E-state index is -0.426. The van der Waals surface area contributed by atoms with Crippen LogP contribution in [0.25, 0.3) is 0 Å². The van der Waals surface area contributed by atoms with Crippen molar-refractivity contribution in [3.63, 3.8) is 0 Å². The second kappa shape index (κ2) is 6.17. The first kappa shape index (κ1) is 14.0. The maximum absolute atomic E-state index is 12.0. The molecule has 1 heterocycles. The van der Waals surface area contributed by atoms with Crippen LogP contribution in [0.2, 0.25) is 6.82 Å². The van der Waals surface area contributed by atoms with Gasteiger partial charge in [-0.25, -0.2) is 0 Å². The fraction of sp³-hybridized carbons (Fsp3) is 0.400. The third-order valence-corrected chi connectivity index (χ3v) is 3.71. The monoisotopic (exact) mass is 257 g/mol. The lowest BCUT2D eigenvalue weighted by Gasteiger charge is -2.29. The first-order chi connectivity index (χ1) is 9.09. The van der Waals surface area contributed by atoms with E-state index in [1.165, 1.54) is 5.57 Å². The van der Waals surface area contributed by atoms with E-state index in [-0.39, 0.29) is 11.7 Å². The molecule has 0 amide bonds. The Morgan fingerprint density at radius 1 is 1.37 bits per heavy atom. The molecule has 1 unspecified atom stereocenters. The average Bonchev–Trinajstić information content (AvgIpc) is 2.40. The summed E-state index contributed by atoms with van der Waals surface area (Å²) in [5.41, 5.74) is 2.24. The lowest BCUT2D eigenvalue weighted by atomic mass is 9.80. The van der Waals surface area contributed by atoms with Crippen molar-refractivity contribution >= 4 is 12.8 Å². The SMILES string of the molecule is CB(O)N1CC=C(C(C(C)=O)c2ccccc2)CC1. The van der Waals surface area contributed by atoms with Crippen molar-refractivity contribution in [2.24, 2.45) is 0 Å². The summed E-state index contributed by atoms with van der Waals surface area (Å²) in [5.74, 6) is 0.0558. The Morgan fingerprint density at radius 3 is 2.53 bits per heavy atom. The molecule has 4 heteroatoms. The van der Waals surface area contributed by atoms with Gasteiger partial charge in [-0.2, -0.15) is 0 Å². The molecule has 0 saturated carbocycles. The summed E-state index contributed by atoms with van der Waals surface area (Å²) in [6.45, 7) is 4.95. The van der Waals surface area contributed by atoms with Crippen LogP contribution in [0.1, 0.15) is 24.8 Å². The number of Topliss-reactive ketones (excluding diaryl/α,β-unsaturated/α-hetero) is 1. The second-order valence-corrected chi connectivity index (χ2v) is 5.11. The van der Waals surface area contributed by atoms with Crippen LogP contribution in [0.15, 0.2) is 42.0 Å². The van der Waals surface area contributed by atoms with Crippen molar-refractivity contribution in [3.05, 3.63) is 47.5 Å². The van der Waals surface area contributed by atoms with Crippen molar-refractivity contribution in [3.8, 4) is 0 Å². The predicted octanol–water partition coefficient (Wildman–Crippen LogP) is 2.10. The van der Waals surface area contributed by atoms with Crippen molar-refractivity contribution < 1.29 is 9.82 Å². The molecule has 100 valence electrons. The average molecular weight is 257 g/mol. The molecule has 1 aliphatic rings. The van der Waals surface area contributed by atoms with E-state index in [9.17, 15) is 9.82 Å². The number of carbonyl (C=O) groups is 1. The maximum Gasteiger partial charge on any atom is 0.376 e. The van der Waals surface area contributed by atoms with Crippen LogP contribution >= 0.6 is 0 Å². The van der Waals surface area contributed by atoms with Crippen LogP contribution in [0, 0.1) is 0 Å². The zero-order valence-electron chi connectivity index (χ0n) is 11.5. The molecule has 0 aromatic heterocycles. The lowest BCUT2D eigenvalue weighted by Crippen LogP contribution is -2.40. The van der Waals surface area contributed by atoms with E-state index < -0.39 is 7.05 Å². The van der Waals surface area contributed by atoms with E-state index in [1.807, 2.05) is 35.1 Å². The highest BCUT2D eigenvalue weighted by atomic mass is 16.2. The lowest BCUT2D eigenvalue weighted by molar-refractivity contribution is -0.117. The van der Waals surface area contributed by atoms with Gasteiger partial charge in [-0.3, -0.25) is 4.79 Å². The van der Waals surface area contributed by atoms with Gasteiger partial charge in [-0.05, 0) is 32.3 Å². The smallest absolute Gasteiger partial charge is 0.376 e. The first-order valence-corrected chi connectivity index (χ1v) is 6.76. The summed E-state index contributed by atoms with van der Waals surface area (Å²) < 4.78 is 0. The number of benzene rings is 1. The molecule has 2 rings (SSSR count). The number of ketones is 1. The van der Waals surface area contributed by atoms with Gasteiger partial charge < -0.3 is 9.83 Å². The third-order valence-electron chi connectivity index (χ3n) is 3.71. The van der Waals surface area contributed by atoms with E-state index in [1.54, 1.807) is 13.7 Å². The van der Waals surface area contributed by atoms with Gasteiger partial charge in [-0.1, -0.05) is 42.0 Å². The summed E-state index contributed by atoms with van der Waals surface area (Å²) in [6, 6.07) is 9.92. The number of carbonyl (C=O) groups excluding carboxylic acids is 1. The molecule has 3 nitrogen and oxygen atoms in total. The Hall–Kier alpha value is -1.39. The Balaban J connectivity index is 2.21. The van der Waals surface area contributed by atoms with Gasteiger partial charge in [0.2, 0.25) is 0 Å². The topological polar surface area (TPSA) is 40.5 Å². The fourth-order valence-corrected chi connectivity index (χ4v) is 2.66. The molecular formula is C15H20BNO2. The fourth-order valence-electron chi connectivity index (χ4n) is 2.66. The zero-order chi connectivity index (χ0) is 13.8. The van der Waals surface area contributed by atoms with E-state index in [0.29, 0.717) is 6.54 Å². The summed E-state index contributed by atoms with van der Waals surface area (Å²) >= 11 is 0. The van der Waals surface area contributed by atoms with E-state index in [2.05, 4.69) is 6.08 Å². The summed E-state index contributed by atoms with van der Waals surface area (Å²) in [6.07, 6.45) is 2.93. The van der Waals surface area contributed by atoms with Crippen LogP contribution in [-0.2, 0) is 4.79 Å². The van der Waals surface area contributed by atoms with Gasteiger partial charge in [0.25, 0.3) is 0 Å². The maximum atomic E-state index is 12.0. The van der Waals surface area contributed by atoms with Crippen molar-refractivity contribution in [2.75, 3.05) is 13.1 Å². The highest BCUT2D eigenvalue weighted by molar-refractivity contribution is 6.45. The van der Waals surface area contributed by atoms with Gasteiger partial charge in [0.05, 0.1) is 5.92 Å². The van der Waals surface area contributed by atoms with Crippen LogP contribution < -0.4 is 0 Å². The molecule has 1 aromatic carbocycles. The van der Waals surface area contributed by atoms with E-state index in [0.717, 1.165) is 18.5 Å². The summed E-state index contributed by atoms with van der Waals surface area (Å²) in [7, 11) is -0.426. The Labute approximate surface area is 115 Å². The quantitative estimate of drug-likeness (QED) is 0.663. The largest absolute Gasteiger partial charge is 0.437 e. The van der Waals surface area contributed by atoms with E-state index in [4.69, 9.17) is 0 Å². The Bertz CT molecular complexity index is 470. The van der Waals surface area contributed by atoms with Crippen LogP contribution in [-0.4, -0.2) is 35.8 Å². The highest BCUT2D eigenvalue weighted by Crippen LogP contribution is 2.29. The van der Waals surface area contributed by atoms with Crippen LogP contribution in [0.3, 0.4) is 0 Å². The van der Waals surface area contributed by atoms with Crippen LogP contribution in [0.4, 0.5) is 0 Å². The molecule has 0 fully saturated rings. The second-order valence-electron chi connectivity index (χ2n) is 5.11. The molecule has 0 saturated heterocycles. The Kier molecular flexibility index (Phi) is 4.56. The number of hydrogen-bond acceptors (Lipinski definition) is 3. The number of rotatable bonds is 4. The zero-order valence-corrected chi connectivity index (χ0v) is 11.5. The molecule has 1 atom stereocenters. The standard InChI is InChI=1S/C15H20BNO2/c1-12(18)15(13-6-4-3-5-7-13)14-8-10-17(11-9-14)16(2)19/h3-8,15,19H,9-11H2,1-2H3. The number of nitrogens with zero attached hydrogens (tertiary/aromatic N) is 1. The third kappa shape index (κ3) is 3.34. The molecule has 0 spiro atoms. The minimum Gasteiger partial charge on any atom is -0.437 e. The molecule has 0 bridgehead atoms. The molecule has 0 aliphatic carbocycles. The van der Waals surface area contributed by atoms with Crippen LogP contribution in [0.5, 0.6) is 0 Å². The summed E-state index contributed by atoms with van der Waals surface area (Å²) in [4.78, 5) is 13.9. The normalized spacial score (nSPS) is 17.7. The molecule has 0 radical (unpaired) electrons. The molecular weight excluding hydrogens is 237 g/mol.